The van der Waals surface area contributed by atoms with Crippen LogP contribution in [0.15, 0.2) is 12.1 Å². The van der Waals surface area contributed by atoms with Crippen LogP contribution in [0.2, 0.25) is 0 Å². The van der Waals surface area contributed by atoms with Crippen LogP contribution < -0.4 is 5.32 Å². The van der Waals surface area contributed by atoms with E-state index in [1.54, 1.807) is 0 Å². The van der Waals surface area contributed by atoms with Crippen LogP contribution in [0.1, 0.15) is 35.9 Å². The normalized spacial score (nSPS) is 23.6. The molecule has 1 amide bonds. The summed E-state index contributed by atoms with van der Waals surface area (Å²) >= 11 is 0.922. The van der Waals surface area contributed by atoms with E-state index in [0.717, 1.165) is 30.6 Å². The second-order valence-electron chi connectivity index (χ2n) is 4.48. The molecule has 1 aromatic heterocycles. The summed E-state index contributed by atoms with van der Waals surface area (Å²) in [7, 11) is 0. The summed E-state index contributed by atoms with van der Waals surface area (Å²) in [6.07, 6.45) is 3.13. The minimum Gasteiger partial charge on any atom is -0.349 e. The Balaban J connectivity index is 1.97. The number of nitrogens with one attached hydrogen (secondary N) is 1. The summed E-state index contributed by atoms with van der Waals surface area (Å²) < 4.78 is 0. The van der Waals surface area contributed by atoms with Crippen molar-refractivity contribution in [3.05, 3.63) is 27.1 Å². The zero-order chi connectivity index (χ0) is 12.4. The number of rotatable bonds is 3. The van der Waals surface area contributed by atoms with Gasteiger partial charge in [-0.05, 0) is 31.2 Å². The van der Waals surface area contributed by atoms with Crippen molar-refractivity contribution in [3.63, 3.8) is 0 Å². The molecule has 1 aromatic rings. The molecule has 6 heteroatoms. The van der Waals surface area contributed by atoms with Crippen LogP contribution in [-0.2, 0) is 0 Å². The number of thiophene rings is 1. The second-order valence-corrected chi connectivity index (χ2v) is 5.55. The lowest BCUT2D eigenvalue weighted by molar-refractivity contribution is -0.380. The predicted molar refractivity (Wildman–Crippen MR) is 65.2 cm³/mol. The molecule has 92 valence electrons. The first-order valence-corrected chi connectivity index (χ1v) is 6.43. The molecule has 1 fully saturated rings. The third-order valence-electron chi connectivity index (χ3n) is 3.03. The van der Waals surface area contributed by atoms with Gasteiger partial charge in [-0.1, -0.05) is 18.3 Å². The van der Waals surface area contributed by atoms with E-state index in [0.29, 0.717) is 10.8 Å². The molecule has 0 spiro atoms. The maximum atomic E-state index is 11.8. The summed E-state index contributed by atoms with van der Waals surface area (Å²) in [5, 5.41) is 13.4. The van der Waals surface area contributed by atoms with Gasteiger partial charge in [0.2, 0.25) is 0 Å². The lowest BCUT2D eigenvalue weighted by atomic mass is 10.1. The SMILES string of the molecule is CC1CCC(NC(=O)c2ccc([N+](=O)[O-])s2)C1. The van der Waals surface area contributed by atoms with Crippen molar-refractivity contribution < 1.29 is 9.72 Å². The first kappa shape index (κ1) is 12.0. The van der Waals surface area contributed by atoms with E-state index >= 15 is 0 Å². The molecule has 17 heavy (non-hydrogen) atoms. The van der Waals surface area contributed by atoms with Crippen molar-refractivity contribution in [1.29, 1.82) is 0 Å². The Bertz CT molecular complexity index is 444. The van der Waals surface area contributed by atoms with Gasteiger partial charge in [-0.15, -0.1) is 0 Å². The van der Waals surface area contributed by atoms with E-state index in [9.17, 15) is 14.9 Å². The number of carbonyl (C=O) groups excluding carboxylic acids is 1. The monoisotopic (exact) mass is 254 g/mol. The van der Waals surface area contributed by atoms with E-state index < -0.39 is 4.92 Å². The number of hydrogen-bond donors (Lipinski definition) is 1. The van der Waals surface area contributed by atoms with Crippen molar-refractivity contribution in [2.24, 2.45) is 5.92 Å². The van der Waals surface area contributed by atoms with Gasteiger partial charge in [0, 0.05) is 12.1 Å². The maximum Gasteiger partial charge on any atom is 0.324 e. The third kappa shape index (κ3) is 2.82. The Morgan fingerprint density at radius 3 is 2.82 bits per heavy atom. The highest BCUT2D eigenvalue weighted by Crippen LogP contribution is 2.27. The number of nitrogens with zero attached hydrogens (tertiary/aromatic N) is 1. The first-order valence-electron chi connectivity index (χ1n) is 5.61. The van der Waals surface area contributed by atoms with E-state index in [2.05, 4.69) is 12.2 Å². The quantitative estimate of drug-likeness (QED) is 0.665. The molecule has 1 heterocycles. The molecule has 2 unspecified atom stereocenters. The third-order valence-corrected chi connectivity index (χ3v) is 4.06. The van der Waals surface area contributed by atoms with Crippen molar-refractivity contribution in [1.82, 2.24) is 5.32 Å². The molecule has 0 saturated heterocycles. The molecule has 0 bridgehead atoms. The van der Waals surface area contributed by atoms with Crippen molar-refractivity contribution in [2.45, 2.75) is 32.2 Å². The summed E-state index contributed by atoms with van der Waals surface area (Å²) in [6, 6.07) is 3.10. The van der Waals surface area contributed by atoms with Crippen LogP contribution in [0, 0.1) is 16.0 Å². The standard InChI is InChI=1S/C11H14N2O3S/c1-7-2-3-8(6-7)12-11(14)9-4-5-10(17-9)13(15)16/h4-5,7-8H,2-3,6H2,1H3,(H,12,14). The van der Waals surface area contributed by atoms with Gasteiger partial charge in [-0.25, -0.2) is 0 Å². The number of nitro groups is 1. The molecule has 2 atom stereocenters. The van der Waals surface area contributed by atoms with Crippen molar-refractivity contribution >= 4 is 22.2 Å². The minimum atomic E-state index is -0.473. The molecule has 5 nitrogen and oxygen atoms in total. The molecular formula is C11H14N2O3S. The molecule has 1 N–H and O–H groups in total. The molecule has 0 aliphatic heterocycles. The molecule has 0 radical (unpaired) electrons. The van der Waals surface area contributed by atoms with Gasteiger partial charge >= 0.3 is 5.00 Å². The van der Waals surface area contributed by atoms with E-state index in [4.69, 9.17) is 0 Å². The van der Waals surface area contributed by atoms with Crippen LogP contribution in [0.4, 0.5) is 5.00 Å². The average Bonchev–Trinajstić information content (AvgIpc) is 2.86. The van der Waals surface area contributed by atoms with Crippen LogP contribution >= 0.6 is 11.3 Å². The highest BCUT2D eigenvalue weighted by atomic mass is 32.1. The second kappa shape index (κ2) is 4.83. The van der Waals surface area contributed by atoms with Gasteiger partial charge in [0.05, 0.1) is 9.80 Å². The molecule has 2 rings (SSSR count). The maximum absolute atomic E-state index is 11.8. The van der Waals surface area contributed by atoms with Gasteiger partial charge in [0.15, 0.2) is 0 Å². The average molecular weight is 254 g/mol. The van der Waals surface area contributed by atoms with Crippen LogP contribution in [0.5, 0.6) is 0 Å². The van der Waals surface area contributed by atoms with Gasteiger partial charge in [-0.3, -0.25) is 14.9 Å². The fraction of sp³-hybridized carbons (Fsp3) is 0.545. The molecular weight excluding hydrogens is 240 g/mol. The van der Waals surface area contributed by atoms with Gasteiger partial charge in [0.1, 0.15) is 0 Å². The van der Waals surface area contributed by atoms with E-state index in [-0.39, 0.29) is 17.0 Å². The fourth-order valence-electron chi connectivity index (χ4n) is 2.14. The molecule has 0 aromatic carbocycles. The summed E-state index contributed by atoms with van der Waals surface area (Å²) in [5.74, 6) is 0.458. The van der Waals surface area contributed by atoms with E-state index in [1.807, 2.05) is 0 Å². The lowest BCUT2D eigenvalue weighted by Gasteiger charge is -2.10. The summed E-state index contributed by atoms with van der Waals surface area (Å²) in [5.41, 5.74) is 0. The van der Waals surface area contributed by atoms with Crippen molar-refractivity contribution in [2.75, 3.05) is 0 Å². The van der Waals surface area contributed by atoms with Crippen molar-refractivity contribution in [3.8, 4) is 0 Å². The Hall–Kier alpha value is -1.43. The summed E-state index contributed by atoms with van der Waals surface area (Å²) in [6.45, 7) is 2.17. The number of hydrogen-bond acceptors (Lipinski definition) is 4. The molecule has 1 aliphatic rings. The fourth-order valence-corrected chi connectivity index (χ4v) is 2.87. The van der Waals surface area contributed by atoms with Crippen LogP contribution in [0.3, 0.4) is 0 Å². The Labute approximate surface area is 103 Å². The van der Waals surface area contributed by atoms with Crippen LogP contribution in [-0.4, -0.2) is 16.9 Å². The zero-order valence-corrected chi connectivity index (χ0v) is 10.3. The topological polar surface area (TPSA) is 72.2 Å². The lowest BCUT2D eigenvalue weighted by Crippen LogP contribution is -2.32. The Morgan fingerprint density at radius 2 is 2.29 bits per heavy atom. The Morgan fingerprint density at radius 1 is 1.53 bits per heavy atom. The highest BCUT2D eigenvalue weighted by molar-refractivity contribution is 7.17. The van der Waals surface area contributed by atoms with E-state index in [1.165, 1.54) is 12.1 Å². The highest BCUT2D eigenvalue weighted by Gasteiger charge is 2.24. The number of amides is 1. The van der Waals surface area contributed by atoms with Gasteiger partial charge < -0.3 is 5.32 Å². The first-order chi connectivity index (χ1) is 8.06. The summed E-state index contributed by atoms with van der Waals surface area (Å²) in [4.78, 5) is 22.3. The smallest absolute Gasteiger partial charge is 0.324 e. The molecule has 1 aliphatic carbocycles. The largest absolute Gasteiger partial charge is 0.349 e. The zero-order valence-electron chi connectivity index (χ0n) is 9.51. The number of carbonyl (C=O) groups is 1. The van der Waals surface area contributed by atoms with Crippen LogP contribution in [0.25, 0.3) is 0 Å². The van der Waals surface area contributed by atoms with Gasteiger partial charge in [0.25, 0.3) is 5.91 Å². The Kier molecular flexibility index (Phi) is 3.42. The molecule has 1 saturated carbocycles. The predicted octanol–water partition coefficient (Wildman–Crippen LogP) is 2.57. The minimum absolute atomic E-state index is 0.00920. The van der Waals surface area contributed by atoms with Gasteiger partial charge in [-0.2, -0.15) is 0 Å².